The van der Waals surface area contributed by atoms with Gasteiger partial charge in [0.15, 0.2) is 0 Å². The van der Waals surface area contributed by atoms with Gasteiger partial charge in [0, 0.05) is 17.7 Å². The minimum absolute atomic E-state index is 0.0388. The average Bonchev–Trinajstić information content (AvgIpc) is 3.39. The molecule has 0 saturated carbocycles. The molecule has 1 aliphatic carbocycles. The second-order valence-corrected chi connectivity index (χ2v) is 10.1. The van der Waals surface area contributed by atoms with E-state index in [-0.39, 0.29) is 25.0 Å². The Morgan fingerprint density at radius 2 is 1.94 bits per heavy atom. The van der Waals surface area contributed by atoms with E-state index in [1.165, 1.54) is 12.1 Å². The minimum Gasteiger partial charge on any atom is -0.491 e. The third-order valence-corrected chi connectivity index (χ3v) is 7.56. The van der Waals surface area contributed by atoms with E-state index < -0.39 is 17.7 Å². The Bertz CT molecular complexity index is 1350. The molecule has 1 aliphatic heterocycles. The van der Waals surface area contributed by atoms with Crippen LogP contribution in [0.2, 0.25) is 0 Å². The van der Waals surface area contributed by atoms with Gasteiger partial charge in [-0.05, 0) is 88.1 Å². The average molecular weight is 562 g/mol. The molecular weight excluding hydrogens is 539 g/mol. The molecule has 2 atom stereocenters. The van der Waals surface area contributed by atoms with Gasteiger partial charge in [-0.3, -0.25) is 4.79 Å². The number of benzene rings is 2. The summed E-state index contributed by atoms with van der Waals surface area (Å²) in [5.74, 6) is -0.255. The van der Waals surface area contributed by atoms with Gasteiger partial charge in [-0.1, -0.05) is 18.2 Å². The summed E-state index contributed by atoms with van der Waals surface area (Å²) in [6, 6.07) is 8.23. The number of rotatable bonds is 5. The maximum Gasteiger partial charge on any atom is 0.416 e. The van der Waals surface area contributed by atoms with Crippen LogP contribution in [-0.4, -0.2) is 22.7 Å². The van der Waals surface area contributed by atoms with Crippen molar-refractivity contribution in [2.45, 2.75) is 51.3 Å². The Balaban J connectivity index is 1.45. The summed E-state index contributed by atoms with van der Waals surface area (Å²) in [4.78, 5) is 15.6. The molecule has 0 radical (unpaired) electrons. The second-order valence-electron chi connectivity index (χ2n) is 9.27. The highest BCUT2D eigenvalue weighted by Crippen LogP contribution is 2.47. The van der Waals surface area contributed by atoms with Crippen LogP contribution in [0, 0.1) is 13.8 Å². The summed E-state index contributed by atoms with van der Waals surface area (Å²) in [7, 11) is 0. The number of aromatic nitrogens is 1. The van der Waals surface area contributed by atoms with Crippen LogP contribution in [0.4, 0.5) is 13.2 Å². The zero-order valence-electron chi connectivity index (χ0n) is 19.6. The maximum atomic E-state index is 13.3. The number of carboxylic acids is 1. The predicted molar refractivity (Wildman–Crippen MR) is 130 cm³/mol. The molecule has 5 nitrogen and oxygen atoms in total. The second kappa shape index (κ2) is 9.10. The van der Waals surface area contributed by atoms with Crippen molar-refractivity contribution in [1.82, 2.24) is 4.98 Å². The van der Waals surface area contributed by atoms with Crippen molar-refractivity contribution in [3.8, 4) is 22.8 Å². The van der Waals surface area contributed by atoms with E-state index in [0.717, 1.165) is 34.2 Å². The van der Waals surface area contributed by atoms with Crippen LogP contribution in [0.3, 0.4) is 0 Å². The van der Waals surface area contributed by atoms with Crippen LogP contribution in [0.25, 0.3) is 11.1 Å². The van der Waals surface area contributed by atoms with E-state index >= 15 is 0 Å². The summed E-state index contributed by atoms with van der Waals surface area (Å²) in [5, 5.41) is 9.13. The number of carbonyl (C=O) groups is 1. The van der Waals surface area contributed by atoms with E-state index in [1.54, 1.807) is 20.0 Å². The number of ether oxygens (including phenoxy) is 2. The molecule has 3 aromatic rings. The Morgan fingerprint density at radius 1 is 1.22 bits per heavy atom. The first kappa shape index (κ1) is 24.6. The van der Waals surface area contributed by atoms with Crippen molar-refractivity contribution in [3.63, 3.8) is 0 Å². The molecule has 1 unspecified atom stereocenters. The summed E-state index contributed by atoms with van der Waals surface area (Å²) in [6.07, 6.45) is -1.69. The monoisotopic (exact) mass is 561 g/mol. The highest BCUT2D eigenvalue weighted by Gasteiger charge is 2.34. The fraction of sp³-hybridized carbons (Fsp3) is 0.333. The number of aliphatic carboxylic acids is 1. The van der Waals surface area contributed by atoms with Crippen molar-refractivity contribution in [2.75, 3.05) is 6.61 Å². The Labute approximate surface area is 214 Å². The third kappa shape index (κ3) is 4.34. The van der Waals surface area contributed by atoms with Crippen molar-refractivity contribution in [1.29, 1.82) is 0 Å². The first-order valence-electron chi connectivity index (χ1n) is 11.5. The van der Waals surface area contributed by atoms with Gasteiger partial charge in [0.2, 0.25) is 5.88 Å². The van der Waals surface area contributed by atoms with Crippen molar-refractivity contribution < 1.29 is 32.5 Å². The SMILES string of the molecule is Cc1cc(C(F)(F)F)cc(C)c1-c1cccc2c1CCC2Oc1ncc2c(c1Br)OC[C@H]2CC(=O)O. The van der Waals surface area contributed by atoms with E-state index in [9.17, 15) is 18.0 Å². The fourth-order valence-electron chi connectivity index (χ4n) is 5.30. The van der Waals surface area contributed by atoms with E-state index in [4.69, 9.17) is 14.6 Å². The minimum atomic E-state index is -4.39. The number of aryl methyl sites for hydroxylation is 2. The number of fused-ring (bicyclic) bond motifs is 2. The van der Waals surface area contributed by atoms with Gasteiger partial charge in [0.25, 0.3) is 0 Å². The number of hydrogen-bond acceptors (Lipinski definition) is 4. The van der Waals surface area contributed by atoms with Crippen LogP contribution in [0.15, 0.2) is 41.0 Å². The number of hydrogen-bond donors (Lipinski definition) is 1. The molecule has 9 heteroatoms. The topological polar surface area (TPSA) is 68.7 Å². The molecule has 2 heterocycles. The molecule has 2 aliphatic rings. The molecule has 2 aromatic carbocycles. The molecular formula is C27H23BrF3NO4. The number of halogens is 4. The lowest BCUT2D eigenvalue weighted by atomic mass is 9.89. The largest absolute Gasteiger partial charge is 0.491 e. The molecule has 188 valence electrons. The molecule has 36 heavy (non-hydrogen) atoms. The smallest absolute Gasteiger partial charge is 0.416 e. The summed E-state index contributed by atoms with van der Waals surface area (Å²) in [6.45, 7) is 3.69. The molecule has 0 spiro atoms. The van der Waals surface area contributed by atoms with Gasteiger partial charge >= 0.3 is 12.1 Å². The van der Waals surface area contributed by atoms with E-state index in [0.29, 0.717) is 33.6 Å². The predicted octanol–water partition coefficient (Wildman–Crippen LogP) is 7.16. The van der Waals surface area contributed by atoms with Crippen molar-refractivity contribution in [3.05, 3.63) is 74.4 Å². The lowest BCUT2D eigenvalue weighted by Gasteiger charge is -2.19. The molecule has 0 bridgehead atoms. The molecule has 1 N–H and O–H groups in total. The van der Waals surface area contributed by atoms with Crippen LogP contribution in [-0.2, 0) is 17.4 Å². The van der Waals surface area contributed by atoms with E-state index in [1.807, 2.05) is 18.2 Å². The number of alkyl halides is 3. The lowest BCUT2D eigenvalue weighted by Crippen LogP contribution is -2.08. The van der Waals surface area contributed by atoms with Gasteiger partial charge < -0.3 is 14.6 Å². The molecule has 0 fully saturated rings. The molecule has 0 amide bonds. The third-order valence-electron chi connectivity index (χ3n) is 6.86. The first-order chi connectivity index (χ1) is 17.0. The van der Waals surface area contributed by atoms with Gasteiger partial charge in [0.1, 0.15) is 16.3 Å². The first-order valence-corrected chi connectivity index (χ1v) is 12.3. The Morgan fingerprint density at radius 3 is 2.61 bits per heavy atom. The molecule has 0 saturated heterocycles. The van der Waals surface area contributed by atoms with Crippen molar-refractivity contribution >= 4 is 21.9 Å². The quantitative estimate of drug-likeness (QED) is 0.357. The number of carboxylic acid groups (broad SMARTS) is 1. The van der Waals surface area contributed by atoms with Gasteiger partial charge in [-0.25, -0.2) is 4.98 Å². The normalized spacial score (nSPS) is 18.5. The van der Waals surface area contributed by atoms with Crippen LogP contribution >= 0.6 is 15.9 Å². The summed E-state index contributed by atoms with van der Waals surface area (Å²) < 4.78 is 52.5. The molecule has 1 aromatic heterocycles. The van der Waals surface area contributed by atoms with Gasteiger partial charge in [-0.15, -0.1) is 0 Å². The summed E-state index contributed by atoms with van der Waals surface area (Å²) >= 11 is 3.51. The highest BCUT2D eigenvalue weighted by molar-refractivity contribution is 9.10. The number of nitrogens with zero attached hydrogens (tertiary/aromatic N) is 1. The van der Waals surface area contributed by atoms with Crippen LogP contribution in [0.5, 0.6) is 11.6 Å². The summed E-state index contributed by atoms with van der Waals surface area (Å²) in [5.41, 5.74) is 5.02. The van der Waals surface area contributed by atoms with Gasteiger partial charge in [0.05, 0.1) is 18.6 Å². The maximum absolute atomic E-state index is 13.3. The van der Waals surface area contributed by atoms with Crippen molar-refractivity contribution in [2.24, 2.45) is 0 Å². The highest BCUT2D eigenvalue weighted by atomic mass is 79.9. The standard InChI is InChI=1S/C27H23BrF3NO4/c1-13-8-16(27(29,30)31)9-14(2)23(13)19-5-3-4-18-17(19)6-7-21(18)36-26-24(28)25-20(11-32-26)15(12-35-25)10-22(33)34/h3-5,8-9,11,15,21H,6-7,10,12H2,1-2H3,(H,33,34)/t15-,21?/m1/s1. The number of pyridine rings is 1. The van der Waals surface area contributed by atoms with Crippen LogP contribution in [0.1, 0.15) is 58.2 Å². The Hall–Kier alpha value is -3.07. The Kier molecular flexibility index (Phi) is 6.22. The fourth-order valence-corrected chi connectivity index (χ4v) is 5.84. The van der Waals surface area contributed by atoms with Crippen LogP contribution < -0.4 is 9.47 Å². The van der Waals surface area contributed by atoms with E-state index in [2.05, 4.69) is 20.9 Å². The lowest BCUT2D eigenvalue weighted by molar-refractivity contribution is -0.138. The zero-order valence-corrected chi connectivity index (χ0v) is 21.2. The zero-order chi connectivity index (χ0) is 25.8. The van der Waals surface area contributed by atoms with Gasteiger partial charge in [-0.2, -0.15) is 13.2 Å². The molecule has 5 rings (SSSR count).